The van der Waals surface area contributed by atoms with Gasteiger partial charge in [0.05, 0.1) is 37.5 Å². The van der Waals surface area contributed by atoms with E-state index in [4.69, 9.17) is 23.7 Å². The van der Waals surface area contributed by atoms with Crippen LogP contribution >= 0.6 is 31.9 Å². The number of likely N-dealkylation sites (N-methyl/N-ethyl adjacent to an activating group) is 2. The highest BCUT2D eigenvalue weighted by Crippen LogP contribution is 2.34. The zero-order valence-electron chi connectivity index (χ0n) is 35.7. The standard InChI is InChI=1S/C25H31BrFN3O4.C20H23BrFN3O2/c1-25(2,3)34-24(31)29(4)11-14-32-12-6-13-33-18-8-10-19(21(27)16-18)23-20-9-7-17(26)15-22(20)30(5)28-23;1-23-8-11-26-9-3-10-27-15-5-7-16(18(22)13-15)20-17-6-4-14(21)12-19(17)25(2)24-20/h7-10,15-16H,6,11-14H2,1-5H3;4-7,12-13,23H,3,8-11H2,1-2H3. The summed E-state index contributed by atoms with van der Waals surface area (Å²) in [5.74, 6) is 0.228. The number of rotatable bonds is 18. The number of carbonyl (C=O) groups is 1. The second-order valence-corrected chi connectivity index (χ2v) is 17.0. The SMILES string of the molecule is CN(CCOCCCOc1ccc(-c2nn(C)c3cc(Br)ccc23)c(F)c1)C(=O)OC(C)(C)C.CNCCOCCCOc1ccc(-c2nn(C)c3cc(Br)ccc23)c(F)c1. The van der Waals surface area contributed by atoms with Gasteiger partial charge in [0.15, 0.2) is 0 Å². The van der Waals surface area contributed by atoms with E-state index in [0.717, 1.165) is 43.7 Å². The molecule has 2 aromatic heterocycles. The highest BCUT2D eigenvalue weighted by atomic mass is 79.9. The summed E-state index contributed by atoms with van der Waals surface area (Å²) in [6.45, 7) is 9.78. The van der Waals surface area contributed by atoms with Gasteiger partial charge in [0, 0.05) is 103 Å². The Labute approximate surface area is 372 Å². The molecule has 2 heterocycles. The van der Waals surface area contributed by atoms with E-state index in [0.29, 0.717) is 86.6 Å². The second-order valence-electron chi connectivity index (χ2n) is 15.2. The molecule has 1 N–H and O–H groups in total. The number of halogens is 4. The molecule has 0 fully saturated rings. The van der Waals surface area contributed by atoms with E-state index >= 15 is 0 Å². The number of carbonyl (C=O) groups excluding carboxylic acids is 1. The van der Waals surface area contributed by atoms with Crippen LogP contribution in [0.1, 0.15) is 33.6 Å². The van der Waals surface area contributed by atoms with Gasteiger partial charge in [0.2, 0.25) is 0 Å². The van der Waals surface area contributed by atoms with Crippen molar-refractivity contribution in [3.63, 3.8) is 0 Å². The average molecular weight is 973 g/mol. The van der Waals surface area contributed by atoms with Crippen LogP contribution in [0.15, 0.2) is 81.7 Å². The van der Waals surface area contributed by atoms with Crippen LogP contribution in [0.25, 0.3) is 44.3 Å². The Morgan fingerprint density at radius 1 is 0.705 bits per heavy atom. The third-order valence-corrected chi connectivity index (χ3v) is 10.2. The number of benzene rings is 4. The quantitative estimate of drug-likeness (QED) is 0.0842. The maximum atomic E-state index is 14.9. The van der Waals surface area contributed by atoms with E-state index in [-0.39, 0.29) is 17.7 Å². The molecule has 0 radical (unpaired) electrons. The molecule has 6 rings (SSSR count). The van der Waals surface area contributed by atoms with Crippen molar-refractivity contribution in [2.45, 2.75) is 39.2 Å². The lowest BCUT2D eigenvalue weighted by Gasteiger charge is -2.24. The van der Waals surface area contributed by atoms with E-state index in [1.807, 2.05) is 78.3 Å². The molecule has 4 aromatic carbocycles. The maximum Gasteiger partial charge on any atom is 0.410 e. The predicted molar refractivity (Wildman–Crippen MR) is 242 cm³/mol. The molecule has 0 aliphatic carbocycles. The number of amides is 1. The molecular weight excluding hydrogens is 918 g/mol. The minimum absolute atomic E-state index is 0.347. The van der Waals surface area contributed by atoms with Crippen molar-refractivity contribution >= 4 is 59.8 Å². The van der Waals surface area contributed by atoms with Crippen LogP contribution in [0.2, 0.25) is 0 Å². The van der Waals surface area contributed by atoms with Gasteiger partial charge in [0.1, 0.15) is 40.1 Å². The van der Waals surface area contributed by atoms with Crippen LogP contribution in [0, 0.1) is 11.6 Å². The van der Waals surface area contributed by atoms with Crippen LogP contribution in [0.3, 0.4) is 0 Å². The van der Waals surface area contributed by atoms with E-state index in [9.17, 15) is 13.6 Å². The average Bonchev–Trinajstić information content (AvgIpc) is 3.71. The molecule has 0 unspecified atom stereocenters. The van der Waals surface area contributed by atoms with Crippen LogP contribution in [0.4, 0.5) is 13.6 Å². The van der Waals surface area contributed by atoms with Gasteiger partial charge in [-0.25, -0.2) is 13.6 Å². The summed E-state index contributed by atoms with van der Waals surface area (Å²) in [5, 5.41) is 13.8. The largest absolute Gasteiger partial charge is 0.493 e. The van der Waals surface area contributed by atoms with Gasteiger partial charge in [-0.1, -0.05) is 31.9 Å². The molecular formula is C45H54Br2F2N6O6. The van der Waals surface area contributed by atoms with Crippen LogP contribution in [-0.2, 0) is 28.3 Å². The molecule has 12 nitrogen and oxygen atoms in total. The highest BCUT2D eigenvalue weighted by Gasteiger charge is 2.20. The Morgan fingerprint density at radius 3 is 1.62 bits per heavy atom. The number of nitrogens with zero attached hydrogens (tertiary/aromatic N) is 5. The molecule has 6 aromatic rings. The van der Waals surface area contributed by atoms with Gasteiger partial charge >= 0.3 is 6.09 Å². The van der Waals surface area contributed by atoms with Crippen LogP contribution in [-0.4, -0.2) is 103 Å². The number of hydrogen-bond acceptors (Lipinski definition) is 9. The molecule has 328 valence electrons. The first-order valence-electron chi connectivity index (χ1n) is 20.0. The summed E-state index contributed by atoms with van der Waals surface area (Å²) in [7, 11) is 7.25. The smallest absolute Gasteiger partial charge is 0.410 e. The third-order valence-electron chi connectivity index (χ3n) is 9.19. The number of aryl methyl sites for hydroxylation is 2. The predicted octanol–water partition coefficient (Wildman–Crippen LogP) is 9.94. The maximum absolute atomic E-state index is 14.9. The molecule has 0 saturated heterocycles. The summed E-state index contributed by atoms with van der Waals surface area (Å²) < 4.78 is 62.5. The molecule has 0 aliphatic rings. The van der Waals surface area contributed by atoms with Crippen LogP contribution < -0.4 is 14.8 Å². The first kappa shape index (κ1) is 47.4. The van der Waals surface area contributed by atoms with E-state index in [2.05, 4.69) is 47.4 Å². The van der Waals surface area contributed by atoms with Crippen molar-refractivity contribution in [3.05, 3.63) is 93.4 Å². The van der Waals surface area contributed by atoms with Gasteiger partial charge in [-0.15, -0.1) is 0 Å². The summed E-state index contributed by atoms with van der Waals surface area (Å²) in [5.41, 5.74) is 3.45. The normalized spacial score (nSPS) is 11.5. The fourth-order valence-corrected chi connectivity index (χ4v) is 6.83. The lowest BCUT2D eigenvalue weighted by atomic mass is 10.1. The number of nitrogens with one attached hydrogen (secondary N) is 1. The van der Waals surface area contributed by atoms with Crippen molar-refractivity contribution in [1.82, 2.24) is 29.8 Å². The molecule has 0 spiro atoms. The van der Waals surface area contributed by atoms with Gasteiger partial charge in [0.25, 0.3) is 0 Å². The Kier molecular flexibility index (Phi) is 17.5. The van der Waals surface area contributed by atoms with Crippen molar-refractivity contribution in [2.24, 2.45) is 14.1 Å². The Bertz CT molecular complexity index is 2380. The van der Waals surface area contributed by atoms with E-state index in [1.54, 1.807) is 40.7 Å². The monoisotopic (exact) mass is 970 g/mol. The molecule has 16 heteroatoms. The number of ether oxygens (including phenoxy) is 5. The van der Waals surface area contributed by atoms with Gasteiger partial charge in [-0.05, 0) is 88.5 Å². The second kappa shape index (κ2) is 22.5. The summed E-state index contributed by atoms with van der Waals surface area (Å²) >= 11 is 6.92. The molecule has 0 saturated carbocycles. The van der Waals surface area contributed by atoms with Crippen molar-refractivity contribution in [2.75, 3.05) is 66.8 Å². The summed E-state index contributed by atoms with van der Waals surface area (Å²) in [6, 6.07) is 21.4. The Balaban J connectivity index is 0.000000237. The zero-order chi connectivity index (χ0) is 44.1. The van der Waals surface area contributed by atoms with Crippen molar-refractivity contribution in [1.29, 1.82) is 0 Å². The van der Waals surface area contributed by atoms with E-state index in [1.165, 1.54) is 17.0 Å². The van der Waals surface area contributed by atoms with Crippen molar-refractivity contribution in [3.8, 4) is 34.0 Å². The topological polar surface area (TPSA) is 114 Å². The van der Waals surface area contributed by atoms with Gasteiger partial charge in [-0.2, -0.15) is 10.2 Å². The fraction of sp³-hybridized carbons (Fsp3) is 0.400. The first-order chi connectivity index (χ1) is 29.1. The summed E-state index contributed by atoms with van der Waals surface area (Å²) in [4.78, 5) is 13.4. The Morgan fingerprint density at radius 2 is 1.18 bits per heavy atom. The van der Waals surface area contributed by atoms with Crippen molar-refractivity contribution < 1.29 is 37.3 Å². The Hall–Kier alpha value is -4.61. The van der Waals surface area contributed by atoms with E-state index < -0.39 is 5.60 Å². The molecule has 1 amide bonds. The molecule has 61 heavy (non-hydrogen) atoms. The summed E-state index contributed by atoms with van der Waals surface area (Å²) in [6.07, 6.45) is 1.02. The van der Waals surface area contributed by atoms with Crippen LogP contribution in [0.5, 0.6) is 11.5 Å². The lowest BCUT2D eigenvalue weighted by molar-refractivity contribution is 0.0226. The molecule has 0 atom stereocenters. The lowest BCUT2D eigenvalue weighted by Crippen LogP contribution is -2.36. The zero-order valence-corrected chi connectivity index (χ0v) is 38.9. The minimum Gasteiger partial charge on any atom is -0.493 e. The first-order valence-corrected chi connectivity index (χ1v) is 21.6. The highest BCUT2D eigenvalue weighted by molar-refractivity contribution is 9.10. The number of fused-ring (bicyclic) bond motifs is 2. The van der Waals surface area contributed by atoms with Gasteiger partial charge in [-0.3, -0.25) is 9.36 Å². The van der Waals surface area contributed by atoms with Gasteiger partial charge < -0.3 is 33.9 Å². The molecule has 0 aliphatic heterocycles. The molecule has 0 bridgehead atoms. The number of aromatic nitrogens is 4. The number of hydrogen-bond donors (Lipinski definition) is 1. The third kappa shape index (κ3) is 13.7. The minimum atomic E-state index is -0.524. The fourth-order valence-electron chi connectivity index (χ4n) is 6.13.